The summed E-state index contributed by atoms with van der Waals surface area (Å²) in [7, 11) is -4.30. The molecule has 1 aromatic carbocycles. The topological polar surface area (TPSA) is 70.6 Å². The Morgan fingerprint density at radius 3 is 2.63 bits per heavy atom. The molecule has 0 radical (unpaired) electrons. The van der Waals surface area contributed by atoms with E-state index in [1.165, 1.54) is 6.92 Å². The van der Waals surface area contributed by atoms with E-state index in [9.17, 15) is 30.8 Å². The van der Waals surface area contributed by atoms with Gasteiger partial charge in [-0.25, -0.2) is 22.1 Å². The largest absolute Gasteiger partial charge is 0.416 e. The lowest BCUT2D eigenvalue weighted by molar-refractivity contribution is -0.137. The fourth-order valence-corrected chi connectivity index (χ4v) is 4.88. The molecule has 1 saturated heterocycles. The quantitative estimate of drug-likeness (QED) is 0.643. The zero-order valence-corrected chi connectivity index (χ0v) is 16.8. The van der Waals surface area contributed by atoms with E-state index in [1.54, 1.807) is 0 Å². The second-order valence-corrected chi connectivity index (χ2v) is 8.91. The SMILES string of the molecule is [2H]C([2H])([2H])N(C(=O)[C@@H]1CCS(=O)(=O)N1c1cc(C(F)(F)F)cc(C)n1)c1ccc(F)c(Cl)c1. The molecule has 30 heavy (non-hydrogen) atoms. The molecular formula is C18H16ClF4N3O3S. The number of benzene rings is 1. The van der Waals surface area contributed by atoms with Gasteiger partial charge >= 0.3 is 6.18 Å². The molecule has 162 valence electrons. The Morgan fingerprint density at radius 1 is 1.33 bits per heavy atom. The van der Waals surface area contributed by atoms with Gasteiger partial charge < -0.3 is 4.90 Å². The molecule has 1 atom stereocenters. The van der Waals surface area contributed by atoms with Crippen molar-refractivity contribution in [3.05, 3.63) is 52.4 Å². The molecular weight excluding hydrogens is 450 g/mol. The van der Waals surface area contributed by atoms with Crippen LogP contribution in [0.15, 0.2) is 30.3 Å². The van der Waals surface area contributed by atoms with Crippen LogP contribution in [-0.4, -0.2) is 38.1 Å². The predicted octanol–water partition coefficient (Wildman–Crippen LogP) is 3.77. The van der Waals surface area contributed by atoms with Gasteiger partial charge in [0.2, 0.25) is 10.0 Å². The van der Waals surface area contributed by atoms with Gasteiger partial charge in [-0.1, -0.05) is 11.6 Å². The average Bonchev–Trinajstić information content (AvgIpc) is 2.97. The molecule has 1 aromatic heterocycles. The van der Waals surface area contributed by atoms with Crippen LogP contribution in [0.1, 0.15) is 21.8 Å². The molecule has 1 amide bonds. The summed E-state index contributed by atoms with van der Waals surface area (Å²) in [6.45, 7) is -1.93. The van der Waals surface area contributed by atoms with Crippen molar-refractivity contribution < 1.29 is 34.9 Å². The summed E-state index contributed by atoms with van der Waals surface area (Å²) in [4.78, 5) is 17.4. The van der Waals surface area contributed by atoms with E-state index in [0.717, 1.165) is 18.2 Å². The number of hydrogen-bond donors (Lipinski definition) is 0. The number of aryl methyl sites for hydroxylation is 1. The maximum absolute atomic E-state index is 13.6. The number of amides is 1. The van der Waals surface area contributed by atoms with Crippen LogP contribution in [0.3, 0.4) is 0 Å². The maximum atomic E-state index is 13.6. The van der Waals surface area contributed by atoms with Gasteiger partial charge in [-0.05, 0) is 43.7 Å². The second kappa shape index (κ2) is 7.69. The van der Waals surface area contributed by atoms with E-state index in [4.69, 9.17) is 15.7 Å². The molecule has 2 aromatic rings. The third-order valence-corrected chi connectivity index (χ3v) is 6.47. The molecule has 1 fully saturated rings. The summed E-state index contributed by atoms with van der Waals surface area (Å²) in [6.07, 6.45) is -5.22. The monoisotopic (exact) mass is 468 g/mol. The minimum Gasteiger partial charge on any atom is -0.314 e. The van der Waals surface area contributed by atoms with Gasteiger partial charge in [-0.2, -0.15) is 13.2 Å². The zero-order valence-electron chi connectivity index (χ0n) is 18.2. The number of carbonyl (C=O) groups excluding carboxylic acids is 1. The van der Waals surface area contributed by atoms with Crippen molar-refractivity contribution in [1.82, 2.24) is 4.98 Å². The highest BCUT2D eigenvalue weighted by molar-refractivity contribution is 7.93. The van der Waals surface area contributed by atoms with Crippen molar-refractivity contribution in [1.29, 1.82) is 0 Å². The number of anilines is 2. The maximum Gasteiger partial charge on any atom is 0.416 e. The van der Waals surface area contributed by atoms with E-state index in [1.807, 2.05) is 0 Å². The summed E-state index contributed by atoms with van der Waals surface area (Å²) < 4.78 is 102. The molecule has 0 unspecified atom stereocenters. The Labute approximate surface area is 179 Å². The number of sulfonamides is 1. The fraction of sp³-hybridized carbons (Fsp3) is 0.333. The van der Waals surface area contributed by atoms with Crippen molar-refractivity contribution in [2.75, 3.05) is 21.9 Å². The summed E-state index contributed by atoms with van der Waals surface area (Å²) in [5, 5.41) is -0.486. The van der Waals surface area contributed by atoms with Crippen LogP contribution in [0.25, 0.3) is 0 Å². The van der Waals surface area contributed by atoms with Crippen molar-refractivity contribution >= 4 is 39.0 Å². The van der Waals surface area contributed by atoms with E-state index in [-0.39, 0.29) is 16.3 Å². The van der Waals surface area contributed by atoms with Crippen LogP contribution in [0.2, 0.25) is 5.02 Å². The second-order valence-electron chi connectivity index (χ2n) is 6.54. The molecule has 1 aliphatic heterocycles. The van der Waals surface area contributed by atoms with Crippen molar-refractivity contribution in [3.63, 3.8) is 0 Å². The van der Waals surface area contributed by atoms with Gasteiger partial charge in [0.15, 0.2) is 0 Å². The predicted molar refractivity (Wildman–Crippen MR) is 103 cm³/mol. The first kappa shape index (κ1) is 18.4. The number of alkyl halides is 3. The smallest absolute Gasteiger partial charge is 0.314 e. The van der Waals surface area contributed by atoms with E-state index < -0.39 is 69.5 Å². The van der Waals surface area contributed by atoms with Gasteiger partial charge in [0.1, 0.15) is 17.7 Å². The first-order chi connectivity index (χ1) is 15.0. The molecule has 2 heterocycles. The van der Waals surface area contributed by atoms with Gasteiger partial charge in [0.05, 0.1) is 16.3 Å². The van der Waals surface area contributed by atoms with Gasteiger partial charge in [-0.3, -0.25) is 4.79 Å². The van der Waals surface area contributed by atoms with E-state index in [2.05, 4.69) is 4.98 Å². The highest BCUT2D eigenvalue weighted by Gasteiger charge is 2.44. The molecule has 0 spiro atoms. The lowest BCUT2D eigenvalue weighted by Gasteiger charge is -2.28. The third kappa shape index (κ3) is 4.22. The Morgan fingerprint density at radius 2 is 2.03 bits per heavy atom. The normalized spacial score (nSPS) is 20.4. The van der Waals surface area contributed by atoms with Crippen LogP contribution in [0.5, 0.6) is 0 Å². The number of halogens is 5. The zero-order chi connectivity index (χ0) is 24.9. The molecule has 6 nitrogen and oxygen atoms in total. The van der Waals surface area contributed by atoms with Crippen LogP contribution in [0, 0.1) is 12.7 Å². The van der Waals surface area contributed by atoms with Crippen LogP contribution in [0.4, 0.5) is 29.1 Å². The molecule has 0 aliphatic carbocycles. The van der Waals surface area contributed by atoms with Crippen LogP contribution < -0.4 is 9.21 Å². The minimum absolute atomic E-state index is 0.161. The number of likely N-dealkylation sites (N-methyl/N-ethyl adjacent to an activating group) is 1. The number of aromatic nitrogens is 1. The standard InChI is InChI=1S/C18H16ClF4N3O3S/c1-10-7-11(18(21,22)23)8-16(24-10)26-15(5-6-30(26,28)29)17(27)25(2)12-3-4-14(20)13(19)9-12/h3-4,7-9,15H,5-6H2,1-2H3/t15-/m0/s1/i2D3. The number of carbonyl (C=O) groups is 1. The fourth-order valence-electron chi connectivity index (χ4n) is 3.02. The number of pyridine rings is 1. The lowest BCUT2D eigenvalue weighted by atomic mass is 10.1. The molecule has 3 rings (SSSR count). The Kier molecular flexibility index (Phi) is 4.71. The average molecular weight is 469 g/mol. The van der Waals surface area contributed by atoms with Crippen LogP contribution >= 0.6 is 11.6 Å². The van der Waals surface area contributed by atoms with Gasteiger partial charge in [-0.15, -0.1) is 0 Å². The van der Waals surface area contributed by atoms with Gasteiger partial charge in [0, 0.05) is 22.5 Å². The number of nitrogens with zero attached hydrogens (tertiary/aromatic N) is 3. The molecule has 1 aliphatic rings. The molecule has 0 bridgehead atoms. The number of hydrogen-bond acceptors (Lipinski definition) is 4. The lowest BCUT2D eigenvalue weighted by Crippen LogP contribution is -2.46. The van der Waals surface area contributed by atoms with Crippen molar-refractivity contribution in [2.24, 2.45) is 0 Å². The molecule has 0 saturated carbocycles. The third-order valence-electron chi connectivity index (χ3n) is 4.39. The van der Waals surface area contributed by atoms with E-state index >= 15 is 0 Å². The van der Waals surface area contributed by atoms with Crippen molar-refractivity contribution in [2.45, 2.75) is 25.6 Å². The first-order valence-corrected chi connectivity index (χ1v) is 10.4. The van der Waals surface area contributed by atoms with E-state index in [0.29, 0.717) is 16.4 Å². The summed E-state index contributed by atoms with van der Waals surface area (Å²) in [5.74, 6) is -3.43. The highest BCUT2D eigenvalue weighted by Crippen LogP contribution is 2.35. The molecule has 0 N–H and O–H groups in total. The summed E-state index contributed by atoms with van der Waals surface area (Å²) >= 11 is 5.70. The van der Waals surface area contributed by atoms with Crippen molar-refractivity contribution in [3.8, 4) is 0 Å². The first-order valence-electron chi connectivity index (χ1n) is 9.89. The minimum atomic E-state index is -4.82. The Hall–Kier alpha value is -2.40. The Balaban J connectivity index is 2.13. The Bertz CT molecular complexity index is 1210. The summed E-state index contributed by atoms with van der Waals surface area (Å²) in [6, 6.07) is 2.15. The molecule has 12 heteroatoms. The summed E-state index contributed by atoms with van der Waals surface area (Å²) in [5.41, 5.74) is -1.69. The number of rotatable bonds is 3. The van der Waals surface area contributed by atoms with Gasteiger partial charge in [0.25, 0.3) is 5.91 Å². The van der Waals surface area contributed by atoms with Crippen LogP contribution in [-0.2, 0) is 21.0 Å². The highest BCUT2D eigenvalue weighted by atomic mass is 35.5.